The van der Waals surface area contributed by atoms with E-state index in [0.29, 0.717) is 12.0 Å². The maximum absolute atomic E-state index is 9.14. The van der Waals surface area contributed by atoms with Crippen molar-refractivity contribution in [2.45, 2.75) is 33.6 Å². The van der Waals surface area contributed by atoms with Crippen LogP contribution >= 0.6 is 0 Å². The van der Waals surface area contributed by atoms with Crippen molar-refractivity contribution in [2.24, 2.45) is 22.5 Å². The zero-order valence-electron chi connectivity index (χ0n) is 8.43. The molecule has 2 nitrogen and oxygen atoms in total. The van der Waals surface area contributed by atoms with Gasteiger partial charge < -0.3 is 10.8 Å². The van der Waals surface area contributed by atoms with Crippen LogP contribution in [0.4, 0.5) is 0 Å². The highest BCUT2D eigenvalue weighted by Crippen LogP contribution is 2.52. The first-order valence-electron chi connectivity index (χ1n) is 4.74. The summed E-state index contributed by atoms with van der Waals surface area (Å²) in [7, 11) is 0. The van der Waals surface area contributed by atoms with Gasteiger partial charge in [-0.25, -0.2) is 0 Å². The molecule has 0 amide bonds. The van der Waals surface area contributed by atoms with E-state index in [2.05, 4.69) is 20.8 Å². The number of hydrogen-bond acceptors (Lipinski definition) is 2. The van der Waals surface area contributed by atoms with E-state index < -0.39 is 0 Å². The number of aliphatic hydroxyl groups excluding tert-OH is 1. The van der Waals surface area contributed by atoms with Crippen molar-refractivity contribution in [2.75, 3.05) is 13.2 Å². The lowest BCUT2D eigenvalue weighted by atomic mass is 9.55. The molecule has 0 bridgehead atoms. The Labute approximate surface area is 75.2 Å². The van der Waals surface area contributed by atoms with E-state index in [9.17, 15) is 0 Å². The summed E-state index contributed by atoms with van der Waals surface area (Å²) in [6.07, 6.45) is 2.20. The fraction of sp³-hybridized carbons (Fsp3) is 1.00. The molecule has 1 fully saturated rings. The molecule has 1 rings (SSSR count). The number of rotatable bonds is 2. The van der Waals surface area contributed by atoms with Crippen LogP contribution in [0.5, 0.6) is 0 Å². The molecule has 0 aromatic rings. The molecular weight excluding hydrogens is 150 g/mol. The van der Waals surface area contributed by atoms with Crippen LogP contribution in [0.15, 0.2) is 0 Å². The van der Waals surface area contributed by atoms with Crippen LogP contribution in [0.1, 0.15) is 33.6 Å². The van der Waals surface area contributed by atoms with Gasteiger partial charge >= 0.3 is 0 Å². The number of nitrogens with two attached hydrogens (primary N) is 1. The van der Waals surface area contributed by atoms with Gasteiger partial charge in [0.2, 0.25) is 0 Å². The van der Waals surface area contributed by atoms with E-state index in [1.807, 2.05) is 0 Å². The first-order valence-corrected chi connectivity index (χ1v) is 4.74. The Bertz CT molecular complexity index is 148. The van der Waals surface area contributed by atoms with Crippen molar-refractivity contribution in [3.05, 3.63) is 0 Å². The van der Waals surface area contributed by atoms with Gasteiger partial charge in [-0.15, -0.1) is 0 Å². The van der Waals surface area contributed by atoms with E-state index >= 15 is 0 Å². The third-order valence-electron chi connectivity index (χ3n) is 3.35. The van der Waals surface area contributed by atoms with E-state index in [0.717, 1.165) is 18.8 Å². The van der Waals surface area contributed by atoms with Crippen molar-refractivity contribution in [3.8, 4) is 0 Å². The summed E-state index contributed by atoms with van der Waals surface area (Å²) in [5.74, 6) is 0.744. The lowest BCUT2D eigenvalue weighted by Gasteiger charge is -2.51. The third kappa shape index (κ3) is 1.64. The molecule has 72 valence electrons. The van der Waals surface area contributed by atoms with Crippen LogP contribution in [0.2, 0.25) is 0 Å². The predicted molar refractivity (Wildman–Crippen MR) is 50.8 cm³/mol. The summed E-state index contributed by atoms with van der Waals surface area (Å²) < 4.78 is 0. The molecule has 1 aliphatic carbocycles. The highest BCUT2D eigenvalue weighted by molar-refractivity contribution is 4.98. The quantitative estimate of drug-likeness (QED) is 0.659. The van der Waals surface area contributed by atoms with E-state index in [1.165, 1.54) is 0 Å². The fourth-order valence-corrected chi connectivity index (χ4v) is 1.96. The van der Waals surface area contributed by atoms with Crippen LogP contribution < -0.4 is 5.73 Å². The van der Waals surface area contributed by atoms with Gasteiger partial charge in [0.15, 0.2) is 0 Å². The Balaban J connectivity index is 2.45. The Morgan fingerprint density at radius 2 is 1.92 bits per heavy atom. The fourth-order valence-electron chi connectivity index (χ4n) is 1.96. The normalized spacial score (nSPS) is 36.2. The van der Waals surface area contributed by atoms with Crippen molar-refractivity contribution >= 4 is 0 Å². The minimum Gasteiger partial charge on any atom is -0.396 e. The molecule has 3 N–H and O–H groups in total. The average molecular weight is 171 g/mol. The smallest absolute Gasteiger partial charge is 0.0499 e. The van der Waals surface area contributed by atoms with Gasteiger partial charge in [-0.2, -0.15) is 0 Å². The summed E-state index contributed by atoms with van der Waals surface area (Å²) in [5.41, 5.74) is 6.07. The first kappa shape index (κ1) is 10.0. The molecule has 2 heteroatoms. The lowest BCUT2D eigenvalue weighted by molar-refractivity contribution is -0.0444. The minimum atomic E-state index is 0.0674. The number of aliphatic hydroxyl groups is 1. The van der Waals surface area contributed by atoms with Gasteiger partial charge in [0, 0.05) is 18.6 Å². The highest BCUT2D eigenvalue weighted by Gasteiger charge is 2.46. The Hall–Kier alpha value is -0.0800. The second-order valence-corrected chi connectivity index (χ2v) is 5.33. The van der Waals surface area contributed by atoms with Gasteiger partial charge in [0.25, 0.3) is 0 Å². The van der Waals surface area contributed by atoms with Crippen LogP contribution in [0.25, 0.3) is 0 Å². The maximum Gasteiger partial charge on any atom is 0.0499 e. The van der Waals surface area contributed by atoms with Gasteiger partial charge in [0.05, 0.1) is 0 Å². The molecule has 0 saturated heterocycles. The molecule has 12 heavy (non-hydrogen) atoms. The van der Waals surface area contributed by atoms with Crippen LogP contribution in [-0.4, -0.2) is 18.3 Å². The summed E-state index contributed by atoms with van der Waals surface area (Å²) in [6.45, 7) is 7.67. The topological polar surface area (TPSA) is 46.2 Å². The molecule has 1 aliphatic rings. The summed E-state index contributed by atoms with van der Waals surface area (Å²) >= 11 is 0. The zero-order chi connectivity index (χ0) is 9.41. The largest absolute Gasteiger partial charge is 0.396 e. The van der Waals surface area contributed by atoms with E-state index in [4.69, 9.17) is 10.8 Å². The monoisotopic (exact) mass is 171 g/mol. The molecule has 0 spiro atoms. The van der Waals surface area contributed by atoms with Gasteiger partial charge in [-0.3, -0.25) is 0 Å². The average Bonchev–Trinajstić information content (AvgIpc) is 1.85. The molecule has 1 saturated carbocycles. The maximum atomic E-state index is 9.14. The Morgan fingerprint density at radius 3 is 2.17 bits per heavy atom. The molecule has 0 unspecified atom stereocenters. The van der Waals surface area contributed by atoms with Gasteiger partial charge in [-0.1, -0.05) is 20.8 Å². The predicted octanol–water partition coefficient (Wildman–Crippen LogP) is 1.38. The Kier molecular flexibility index (Phi) is 2.50. The molecule has 0 aliphatic heterocycles. The van der Waals surface area contributed by atoms with Crippen LogP contribution in [0, 0.1) is 16.7 Å². The standard InChI is InChI=1S/C10H21NO/c1-9(2,3)8-4-10(5-8,6-11)7-12/h8,12H,4-7,11H2,1-3H3. The van der Waals surface area contributed by atoms with Crippen molar-refractivity contribution < 1.29 is 5.11 Å². The molecular formula is C10H21NO. The van der Waals surface area contributed by atoms with Crippen molar-refractivity contribution in [1.82, 2.24) is 0 Å². The van der Waals surface area contributed by atoms with E-state index in [-0.39, 0.29) is 12.0 Å². The molecule has 0 radical (unpaired) electrons. The van der Waals surface area contributed by atoms with Crippen LogP contribution in [-0.2, 0) is 0 Å². The lowest BCUT2D eigenvalue weighted by Crippen LogP contribution is -2.49. The van der Waals surface area contributed by atoms with Crippen LogP contribution in [0.3, 0.4) is 0 Å². The third-order valence-corrected chi connectivity index (χ3v) is 3.35. The first-order chi connectivity index (χ1) is 5.43. The van der Waals surface area contributed by atoms with Gasteiger partial charge in [0.1, 0.15) is 0 Å². The molecule has 0 atom stereocenters. The summed E-state index contributed by atoms with van der Waals surface area (Å²) in [6, 6.07) is 0. The van der Waals surface area contributed by atoms with Gasteiger partial charge in [-0.05, 0) is 24.2 Å². The zero-order valence-corrected chi connectivity index (χ0v) is 8.43. The SMILES string of the molecule is CC(C)(C)C1CC(CN)(CO)C1. The highest BCUT2D eigenvalue weighted by atomic mass is 16.3. The Morgan fingerprint density at radius 1 is 1.42 bits per heavy atom. The molecule has 0 aromatic carbocycles. The summed E-state index contributed by atoms with van der Waals surface area (Å²) in [5, 5.41) is 9.14. The summed E-state index contributed by atoms with van der Waals surface area (Å²) in [4.78, 5) is 0. The second kappa shape index (κ2) is 3.00. The van der Waals surface area contributed by atoms with Crippen molar-refractivity contribution in [3.63, 3.8) is 0 Å². The van der Waals surface area contributed by atoms with Crippen molar-refractivity contribution in [1.29, 1.82) is 0 Å². The molecule has 0 heterocycles. The van der Waals surface area contributed by atoms with E-state index in [1.54, 1.807) is 0 Å². The number of hydrogen-bond donors (Lipinski definition) is 2. The minimum absolute atomic E-state index is 0.0674. The second-order valence-electron chi connectivity index (χ2n) is 5.33. The molecule has 0 aromatic heterocycles.